The van der Waals surface area contributed by atoms with E-state index in [-0.39, 0.29) is 18.1 Å². The summed E-state index contributed by atoms with van der Waals surface area (Å²) in [6.45, 7) is 3.76. The van der Waals surface area contributed by atoms with Crippen LogP contribution < -0.4 is 0 Å². The number of halogens is 4. The molecule has 2 aromatic rings. The van der Waals surface area contributed by atoms with Gasteiger partial charge in [-0.1, -0.05) is 29.3 Å². The van der Waals surface area contributed by atoms with Crippen molar-refractivity contribution >= 4 is 34.8 Å². The molecule has 1 aliphatic rings. The Kier molecular flexibility index (Phi) is 6.89. The topological polar surface area (TPSA) is 84.5 Å². The van der Waals surface area contributed by atoms with Gasteiger partial charge in [-0.05, 0) is 24.6 Å². The molecule has 0 bridgehead atoms. The van der Waals surface area contributed by atoms with Crippen molar-refractivity contribution < 1.29 is 18.5 Å². The van der Waals surface area contributed by atoms with Crippen LogP contribution in [-0.4, -0.2) is 56.6 Å². The largest absolute Gasteiger partial charge is 0.339 e. The van der Waals surface area contributed by atoms with Crippen molar-refractivity contribution in [3.8, 4) is 0 Å². The minimum atomic E-state index is -3.09. The summed E-state index contributed by atoms with van der Waals surface area (Å²) in [7, 11) is 0. The molecule has 0 N–H and O–H groups in total. The Morgan fingerprint density at radius 1 is 1.23 bits per heavy atom. The number of benzene rings is 1. The average Bonchev–Trinajstić information content (AvgIpc) is 3.02. The molecule has 30 heavy (non-hydrogen) atoms. The van der Waals surface area contributed by atoms with E-state index in [0.29, 0.717) is 42.8 Å². The number of rotatable bonds is 6. The summed E-state index contributed by atoms with van der Waals surface area (Å²) >= 11 is 12.0. The van der Waals surface area contributed by atoms with Crippen LogP contribution in [0.15, 0.2) is 18.2 Å². The van der Waals surface area contributed by atoms with Gasteiger partial charge >= 0.3 is 5.69 Å². The third-order valence-electron chi connectivity index (χ3n) is 4.99. The van der Waals surface area contributed by atoms with Gasteiger partial charge in [0.15, 0.2) is 0 Å². The van der Waals surface area contributed by atoms with E-state index in [0.717, 1.165) is 10.2 Å². The third-order valence-corrected chi connectivity index (χ3v) is 5.73. The standard InChI is InChI=1S/C18H19Cl2F2N5O3/c1-11-17(27(29)30)16(18(21)22)23-26(11)10-15(28)25-6-4-24(5-7-25)9-12-2-3-13(19)14(20)8-12/h2-3,8,18H,4-7,9-10H2,1H3. The Balaban J connectivity index is 1.60. The Hall–Kier alpha value is -2.30. The van der Waals surface area contributed by atoms with Crippen LogP contribution in [0.2, 0.25) is 10.0 Å². The zero-order chi connectivity index (χ0) is 22.0. The summed E-state index contributed by atoms with van der Waals surface area (Å²) < 4.78 is 27.1. The number of alkyl halides is 2. The molecular formula is C18H19Cl2F2N5O3. The molecule has 1 aromatic heterocycles. The lowest BCUT2D eigenvalue weighted by Gasteiger charge is -2.34. The van der Waals surface area contributed by atoms with Crippen LogP contribution in [0.3, 0.4) is 0 Å². The summed E-state index contributed by atoms with van der Waals surface area (Å²) in [6, 6.07) is 5.42. The number of nitro groups is 1. The monoisotopic (exact) mass is 461 g/mol. The van der Waals surface area contributed by atoms with Crippen molar-refractivity contribution in [2.45, 2.75) is 26.4 Å². The highest BCUT2D eigenvalue weighted by Gasteiger charge is 2.32. The second-order valence-electron chi connectivity index (χ2n) is 6.94. The molecule has 1 saturated heterocycles. The first-order chi connectivity index (χ1) is 14.2. The lowest BCUT2D eigenvalue weighted by Crippen LogP contribution is -2.49. The van der Waals surface area contributed by atoms with Crippen molar-refractivity contribution in [2.24, 2.45) is 0 Å². The number of carbonyl (C=O) groups is 1. The van der Waals surface area contributed by atoms with E-state index in [1.165, 1.54) is 6.92 Å². The molecule has 0 radical (unpaired) electrons. The van der Waals surface area contributed by atoms with Crippen LogP contribution in [0.5, 0.6) is 0 Å². The molecule has 8 nitrogen and oxygen atoms in total. The summed E-state index contributed by atoms with van der Waals surface area (Å²) in [6.07, 6.45) is -3.09. The van der Waals surface area contributed by atoms with Gasteiger partial charge < -0.3 is 4.90 Å². The fraction of sp³-hybridized carbons (Fsp3) is 0.444. The predicted molar refractivity (Wildman–Crippen MR) is 107 cm³/mol. The molecule has 162 valence electrons. The Morgan fingerprint density at radius 3 is 2.43 bits per heavy atom. The van der Waals surface area contributed by atoms with E-state index in [2.05, 4.69) is 10.00 Å². The van der Waals surface area contributed by atoms with E-state index in [1.807, 2.05) is 6.07 Å². The van der Waals surface area contributed by atoms with E-state index in [1.54, 1.807) is 17.0 Å². The van der Waals surface area contributed by atoms with Crippen LogP contribution in [-0.2, 0) is 17.9 Å². The fourth-order valence-electron chi connectivity index (χ4n) is 3.37. The van der Waals surface area contributed by atoms with Crippen molar-refractivity contribution in [1.29, 1.82) is 0 Å². The van der Waals surface area contributed by atoms with Gasteiger partial charge in [0, 0.05) is 32.7 Å². The highest BCUT2D eigenvalue weighted by Crippen LogP contribution is 2.31. The summed E-state index contributed by atoms with van der Waals surface area (Å²) in [5.41, 5.74) is -0.730. The lowest BCUT2D eigenvalue weighted by molar-refractivity contribution is -0.386. The Bertz CT molecular complexity index is 962. The van der Waals surface area contributed by atoms with Gasteiger partial charge in [0.1, 0.15) is 12.2 Å². The molecule has 1 fully saturated rings. The average molecular weight is 462 g/mol. The molecular weight excluding hydrogens is 443 g/mol. The number of piperazine rings is 1. The number of aromatic nitrogens is 2. The summed E-state index contributed by atoms with van der Waals surface area (Å²) in [4.78, 5) is 26.5. The molecule has 0 atom stereocenters. The van der Waals surface area contributed by atoms with Gasteiger partial charge in [-0.2, -0.15) is 5.10 Å². The third kappa shape index (κ3) is 4.88. The first-order valence-corrected chi connectivity index (χ1v) is 9.87. The van der Waals surface area contributed by atoms with Crippen molar-refractivity contribution in [3.63, 3.8) is 0 Å². The smallest absolute Gasteiger partial charge is 0.319 e. The number of hydrogen-bond donors (Lipinski definition) is 0. The molecule has 0 spiro atoms. The highest BCUT2D eigenvalue weighted by atomic mass is 35.5. The predicted octanol–water partition coefficient (Wildman–Crippen LogP) is 3.69. The number of amides is 1. The highest BCUT2D eigenvalue weighted by molar-refractivity contribution is 6.42. The van der Waals surface area contributed by atoms with Gasteiger partial charge in [0.05, 0.1) is 15.0 Å². The minimum absolute atomic E-state index is 0.0677. The molecule has 2 heterocycles. The van der Waals surface area contributed by atoms with E-state index in [9.17, 15) is 23.7 Å². The quantitative estimate of drug-likeness (QED) is 0.483. The molecule has 1 aliphatic heterocycles. The number of hydrogen-bond acceptors (Lipinski definition) is 5. The maximum atomic E-state index is 13.0. The van der Waals surface area contributed by atoms with Gasteiger partial charge in [-0.25, -0.2) is 8.78 Å². The molecule has 0 unspecified atom stereocenters. The Morgan fingerprint density at radius 2 is 1.90 bits per heavy atom. The van der Waals surface area contributed by atoms with Crippen LogP contribution >= 0.6 is 23.2 Å². The molecule has 1 aromatic carbocycles. The Labute approximate surface area is 181 Å². The molecule has 1 amide bonds. The normalized spacial score (nSPS) is 15.1. The van der Waals surface area contributed by atoms with E-state index < -0.39 is 22.7 Å². The van der Waals surface area contributed by atoms with Crippen molar-refractivity contribution in [3.05, 3.63) is 55.3 Å². The van der Waals surface area contributed by atoms with E-state index in [4.69, 9.17) is 23.2 Å². The van der Waals surface area contributed by atoms with E-state index >= 15 is 0 Å². The summed E-state index contributed by atoms with van der Waals surface area (Å²) in [5, 5.41) is 15.6. The molecule has 0 aliphatic carbocycles. The van der Waals surface area contributed by atoms with Crippen LogP contribution in [0.4, 0.5) is 14.5 Å². The van der Waals surface area contributed by atoms with Crippen molar-refractivity contribution in [1.82, 2.24) is 19.6 Å². The number of nitrogens with zero attached hydrogens (tertiary/aromatic N) is 5. The van der Waals surface area contributed by atoms with Gasteiger partial charge in [-0.3, -0.25) is 24.5 Å². The second kappa shape index (κ2) is 9.23. The van der Waals surface area contributed by atoms with Gasteiger partial charge in [-0.15, -0.1) is 0 Å². The zero-order valence-corrected chi connectivity index (χ0v) is 17.5. The van der Waals surface area contributed by atoms with Gasteiger partial charge in [0.2, 0.25) is 11.6 Å². The van der Waals surface area contributed by atoms with Crippen LogP contribution in [0.1, 0.15) is 23.4 Å². The summed E-state index contributed by atoms with van der Waals surface area (Å²) in [5.74, 6) is -0.328. The van der Waals surface area contributed by atoms with Crippen LogP contribution in [0, 0.1) is 17.0 Å². The zero-order valence-electron chi connectivity index (χ0n) is 16.0. The first-order valence-electron chi connectivity index (χ1n) is 9.11. The molecule has 0 saturated carbocycles. The second-order valence-corrected chi connectivity index (χ2v) is 7.75. The molecule has 12 heteroatoms. The maximum absolute atomic E-state index is 13.0. The van der Waals surface area contributed by atoms with Crippen molar-refractivity contribution in [2.75, 3.05) is 26.2 Å². The maximum Gasteiger partial charge on any atom is 0.319 e. The minimum Gasteiger partial charge on any atom is -0.339 e. The first kappa shape index (κ1) is 22.4. The molecule has 3 rings (SSSR count). The number of carbonyl (C=O) groups excluding carboxylic acids is 1. The van der Waals surface area contributed by atoms with Crippen LogP contribution in [0.25, 0.3) is 0 Å². The SMILES string of the molecule is Cc1c([N+](=O)[O-])c(C(F)F)nn1CC(=O)N1CCN(Cc2ccc(Cl)c(Cl)c2)CC1. The lowest BCUT2D eigenvalue weighted by atomic mass is 10.2. The fourth-order valence-corrected chi connectivity index (χ4v) is 3.69. The van der Waals surface area contributed by atoms with Gasteiger partial charge in [0.25, 0.3) is 6.43 Å².